The summed E-state index contributed by atoms with van der Waals surface area (Å²) >= 11 is 0. The van der Waals surface area contributed by atoms with Crippen LogP contribution in [0.4, 0.5) is 5.69 Å². The predicted molar refractivity (Wildman–Crippen MR) is 81.3 cm³/mol. The van der Waals surface area contributed by atoms with E-state index in [-0.39, 0.29) is 5.91 Å². The first kappa shape index (κ1) is 11.9. The Morgan fingerprint density at radius 2 is 1.70 bits per heavy atom. The molecule has 0 spiro atoms. The summed E-state index contributed by atoms with van der Waals surface area (Å²) in [5, 5.41) is 2.29. The molecule has 0 saturated carbocycles. The largest absolute Gasteiger partial charge is 0.306 e. The maximum Gasteiger partial charge on any atom is 0.259 e. The number of hydrogen-bond donors (Lipinski definition) is 0. The number of rotatable bonds is 3. The molecular formula is C17H18N2O. The summed E-state index contributed by atoms with van der Waals surface area (Å²) in [4.78, 5) is 17.0. The maximum atomic E-state index is 12.6. The number of anilines is 1. The van der Waals surface area contributed by atoms with Gasteiger partial charge in [0.15, 0.2) is 0 Å². The van der Waals surface area contributed by atoms with Crippen LogP contribution in [0.5, 0.6) is 0 Å². The summed E-state index contributed by atoms with van der Waals surface area (Å²) in [6, 6.07) is 12.2. The van der Waals surface area contributed by atoms with E-state index in [4.69, 9.17) is 0 Å². The number of hydrogen-bond acceptors (Lipinski definition) is 2. The van der Waals surface area contributed by atoms with Crippen LogP contribution < -0.4 is 4.90 Å². The van der Waals surface area contributed by atoms with Crippen LogP contribution in [-0.4, -0.2) is 37.0 Å². The van der Waals surface area contributed by atoms with Crippen LogP contribution in [-0.2, 0) is 0 Å². The monoisotopic (exact) mass is 266 g/mol. The molecule has 0 atom stereocenters. The summed E-state index contributed by atoms with van der Waals surface area (Å²) in [5.74, 6) is 0.163. The predicted octanol–water partition coefficient (Wildman–Crippen LogP) is 2.90. The van der Waals surface area contributed by atoms with Crippen molar-refractivity contribution >= 4 is 22.4 Å². The molecule has 2 heterocycles. The number of carbonyl (C=O) groups is 1. The standard InChI is InChI=1S/C17H18N2O/c20-17-14-7-3-5-13-6-4-8-15(16(13)14)19(17)12-11-18-9-1-2-10-18/h3-8H,1-2,9-12H2. The van der Waals surface area contributed by atoms with Gasteiger partial charge in [0.1, 0.15) is 0 Å². The van der Waals surface area contributed by atoms with Crippen molar-refractivity contribution in [1.29, 1.82) is 0 Å². The van der Waals surface area contributed by atoms with Crippen molar-refractivity contribution in [2.45, 2.75) is 12.8 Å². The molecule has 0 radical (unpaired) electrons. The van der Waals surface area contributed by atoms with Gasteiger partial charge in [-0.25, -0.2) is 0 Å². The van der Waals surface area contributed by atoms with Crippen molar-refractivity contribution < 1.29 is 4.79 Å². The molecule has 102 valence electrons. The van der Waals surface area contributed by atoms with Gasteiger partial charge in [0, 0.05) is 24.0 Å². The SMILES string of the molecule is O=C1c2cccc3cccc(c23)N1CCN1CCCC1. The van der Waals surface area contributed by atoms with E-state index in [1.807, 2.05) is 23.1 Å². The van der Waals surface area contributed by atoms with Gasteiger partial charge in [-0.1, -0.05) is 24.3 Å². The number of benzene rings is 2. The molecule has 0 N–H and O–H groups in total. The van der Waals surface area contributed by atoms with Gasteiger partial charge in [0.25, 0.3) is 5.91 Å². The van der Waals surface area contributed by atoms with Crippen LogP contribution in [0.3, 0.4) is 0 Å². The van der Waals surface area contributed by atoms with Crippen molar-refractivity contribution in [3.8, 4) is 0 Å². The Bertz CT molecular complexity index is 668. The smallest absolute Gasteiger partial charge is 0.259 e. The second-order valence-electron chi connectivity index (χ2n) is 5.69. The molecule has 0 unspecified atom stereocenters. The van der Waals surface area contributed by atoms with Gasteiger partial charge in [0.05, 0.1) is 5.69 Å². The maximum absolute atomic E-state index is 12.6. The zero-order valence-electron chi connectivity index (χ0n) is 11.5. The average Bonchev–Trinajstić information content (AvgIpc) is 3.08. The molecular weight excluding hydrogens is 248 g/mol. The first-order valence-electron chi connectivity index (χ1n) is 7.40. The Kier molecular flexibility index (Phi) is 2.74. The molecule has 0 bridgehead atoms. The number of carbonyl (C=O) groups excluding carboxylic acids is 1. The van der Waals surface area contributed by atoms with Crippen molar-refractivity contribution in [2.24, 2.45) is 0 Å². The highest BCUT2D eigenvalue weighted by molar-refractivity contribution is 6.24. The topological polar surface area (TPSA) is 23.6 Å². The molecule has 1 amide bonds. The number of nitrogens with zero attached hydrogens (tertiary/aromatic N) is 2. The fourth-order valence-electron chi connectivity index (χ4n) is 3.45. The third-order valence-electron chi connectivity index (χ3n) is 4.49. The highest BCUT2D eigenvalue weighted by atomic mass is 16.2. The van der Waals surface area contributed by atoms with Gasteiger partial charge >= 0.3 is 0 Å². The molecule has 20 heavy (non-hydrogen) atoms. The van der Waals surface area contributed by atoms with E-state index in [9.17, 15) is 4.79 Å². The minimum absolute atomic E-state index is 0.163. The van der Waals surface area contributed by atoms with Gasteiger partial charge in [-0.15, -0.1) is 0 Å². The van der Waals surface area contributed by atoms with Crippen LogP contribution in [0, 0.1) is 0 Å². The van der Waals surface area contributed by atoms with Crippen molar-refractivity contribution in [3.63, 3.8) is 0 Å². The Balaban J connectivity index is 1.66. The van der Waals surface area contributed by atoms with Crippen molar-refractivity contribution in [3.05, 3.63) is 42.0 Å². The van der Waals surface area contributed by atoms with E-state index in [2.05, 4.69) is 23.1 Å². The highest BCUT2D eigenvalue weighted by Crippen LogP contribution is 2.36. The minimum atomic E-state index is 0.163. The zero-order valence-corrected chi connectivity index (χ0v) is 11.5. The Morgan fingerprint density at radius 1 is 0.950 bits per heavy atom. The molecule has 2 aliphatic rings. The fourth-order valence-corrected chi connectivity index (χ4v) is 3.45. The number of likely N-dealkylation sites (tertiary alicyclic amines) is 1. The summed E-state index contributed by atoms with van der Waals surface area (Å²) in [6.45, 7) is 4.14. The Morgan fingerprint density at radius 3 is 2.50 bits per heavy atom. The lowest BCUT2D eigenvalue weighted by Crippen LogP contribution is -2.35. The molecule has 2 aliphatic heterocycles. The van der Waals surface area contributed by atoms with E-state index in [1.54, 1.807) is 0 Å². The summed E-state index contributed by atoms with van der Waals surface area (Å²) in [6.07, 6.45) is 2.59. The number of amides is 1. The molecule has 3 heteroatoms. The van der Waals surface area contributed by atoms with Crippen LogP contribution >= 0.6 is 0 Å². The molecule has 2 aromatic rings. The normalized spacial score (nSPS) is 18.4. The molecule has 0 aromatic heterocycles. The Labute approximate surface area is 118 Å². The lowest BCUT2D eigenvalue weighted by Gasteiger charge is -2.22. The summed E-state index contributed by atoms with van der Waals surface area (Å²) in [7, 11) is 0. The van der Waals surface area contributed by atoms with Gasteiger partial charge in [-0.3, -0.25) is 4.79 Å². The van der Waals surface area contributed by atoms with E-state index in [0.717, 1.165) is 35.1 Å². The quantitative estimate of drug-likeness (QED) is 0.853. The van der Waals surface area contributed by atoms with Crippen LogP contribution in [0.2, 0.25) is 0 Å². The molecule has 4 rings (SSSR count). The summed E-state index contributed by atoms with van der Waals surface area (Å²) < 4.78 is 0. The fraction of sp³-hybridized carbons (Fsp3) is 0.353. The lowest BCUT2D eigenvalue weighted by atomic mass is 10.1. The second kappa shape index (κ2) is 4.60. The second-order valence-corrected chi connectivity index (χ2v) is 5.69. The molecule has 1 saturated heterocycles. The molecule has 2 aromatic carbocycles. The third-order valence-corrected chi connectivity index (χ3v) is 4.49. The molecule has 3 nitrogen and oxygen atoms in total. The van der Waals surface area contributed by atoms with Crippen molar-refractivity contribution in [2.75, 3.05) is 31.1 Å². The molecule has 0 aliphatic carbocycles. The van der Waals surface area contributed by atoms with Gasteiger partial charge in [-0.05, 0) is 43.5 Å². The zero-order chi connectivity index (χ0) is 13.5. The van der Waals surface area contributed by atoms with Gasteiger partial charge in [0.2, 0.25) is 0 Å². The van der Waals surface area contributed by atoms with E-state index >= 15 is 0 Å². The van der Waals surface area contributed by atoms with Crippen LogP contribution in [0.25, 0.3) is 10.8 Å². The minimum Gasteiger partial charge on any atom is -0.306 e. The molecule has 1 fully saturated rings. The van der Waals surface area contributed by atoms with E-state index in [1.165, 1.54) is 25.9 Å². The third kappa shape index (κ3) is 1.74. The van der Waals surface area contributed by atoms with Gasteiger partial charge < -0.3 is 9.80 Å². The van der Waals surface area contributed by atoms with Crippen LogP contribution in [0.15, 0.2) is 36.4 Å². The van der Waals surface area contributed by atoms with Crippen LogP contribution in [0.1, 0.15) is 23.2 Å². The first-order valence-corrected chi connectivity index (χ1v) is 7.40. The van der Waals surface area contributed by atoms with E-state index < -0.39 is 0 Å². The summed E-state index contributed by atoms with van der Waals surface area (Å²) in [5.41, 5.74) is 1.95. The van der Waals surface area contributed by atoms with Crippen molar-refractivity contribution in [1.82, 2.24) is 4.90 Å². The van der Waals surface area contributed by atoms with E-state index in [0.29, 0.717) is 0 Å². The Hall–Kier alpha value is -1.87. The highest BCUT2D eigenvalue weighted by Gasteiger charge is 2.29. The average molecular weight is 266 g/mol. The lowest BCUT2D eigenvalue weighted by molar-refractivity contribution is 0.0990. The first-order chi connectivity index (χ1) is 9.84. The van der Waals surface area contributed by atoms with Gasteiger partial charge in [-0.2, -0.15) is 0 Å².